The third-order valence-electron chi connectivity index (χ3n) is 6.32. The van der Waals surface area contributed by atoms with Gasteiger partial charge in [0, 0.05) is 41.2 Å². The highest BCUT2D eigenvalue weighted by atomic mass is 32.2. The second kappa shape index (κ2) is 12.7. The van der Waals surface area contributed by atoms with Gasteiger partial charge in [-0.2, -0.15) is 0 Å². The zero-order valence-corrected chi connectivity index (χ0v) is 23.5. The molecule has 0 bridgehead atoms. The van der Waals surface area contributed by atoms with Gasteiger partial charge in [-0.1, -0.05) is 18.2 Å². The van der Waals surface area contributed by atoms with Gasteiger partial charge in [0.2, 0.25) is 5.75 Å². The SMILES string of the molecule is COc1ccccc1Cn1c(=O)c([S+](C)CCCOc2cc(OC)c(OC)c(OC)c2)c(O)c2cccnc21. The van der Waals surface area contributed by atoms with Gasteiger partial charge >= 0.3 is 5.56 Å². The van der Waals surface area contributed by atoms with Crippen LogP contribution in [0.5, 0.6) is 34.5 Å². The maximum absolute atomic E-state index is 13.8. The molecule has 0 amide bonds. The van der Waals surface area contributed by atoms with Gasteiger partial charge in [0.25, 0.3) is 4.90 Å². The minimum absolute atomic E-state index is 0.0178. The van der Waals surface area contributed by atoms with Crippen molar-refractivity contribution in [3.63, 3.8) is 0 Å². The predicted molar refractivity (Wildman–Crippen MR) is 152 cm³/mol. The molecule has 0 aliphatic heterocycles. The molecule has 10 heteroatoms. The molecule has 0 aliphatic rings. The predicted octanol–water partition coefficient (Wildman–Crippen LogP) is 4.26. The fourth-order valence-corrected chi connectivity index (χ4v) is 6.02. The van der Waals surface area contributed by atoms with Crippen molar-refractivity contribution in [1.29, 1.82) is 0 Å². The first-order chi connectivity index (χ1) is 18.9. The molecule has 2 heterocycles. The summed E-state index contributed by atoms with van der Waals surface area (Å²) in [5.41, 5.74) is 1.01. The molecular formula is C29H33N2O7S+. The molecule has 4 aromatic rings. The Labute approximate surface area is 230 Å². The molecule has 4 rings (SSSR count). The Morgan fingerprint density at radius 2 is 1.62 bits per heavy atom. The lowest BCUT2D eigenvalue weighted by atomic mass is 10.2. The molecule has 39 heavy (non-hydrogen) atoms. The molecule has 9 nitrogen and oxygen atoms in total. The van der Waals surface area contributed by atoms with Crippen molar-refractivity contribution in [2.75, 3.05) is 47.1 Å². The molecule has 2 aromatic carbocycles. The van der Waals surface area contributed by atoms with Crippen molar-refractivity contribution in [2.24, 2.45) is 0 Å². The fourth-order valence-electron chi connectivity index (χ4n) is 4.41. The molecule has 0 saturated carbocycles. The van der Waals surface area contributed by atoms with Crippen LogP contribution in [0.2, 0.25) is 0 Å². The van der Waals surface area contributed by atoms with Gasteiger partial charge in [0.15, 0.2) is 17.2 Å². The summed E-state index contributed by atoms with van der Waals surface area (Å²) in [6, 6.07) is 14.6. The van der Waals surface area contributed by atoms with Crippen LogP contribution in [0.4, 0.5) is 0 Å². The molecular weight excluding hydrogens is 520 g/mol. The minimum atomic E-state index is -0.555. The number of aromatic nitrogens is 2. The summed E-state index contributed by atoms with van der Waals surface area (Å²) in [4.78, 5) is 18.6. The van der Waals surface area contributed by atoms with Gasteiger partial charge < -0.3 is 28.8 Å². The summed E-state index contributed by atoms with van der Waals surface area (Å²) in [7, 11) is 5.70. The number of methoxy groups -OCH3 is 4. The van der Waals surface area contributed by atoms with Crippen LogP contribution in [0.15, 0.2) is 64.4 Å². The van der Waals surface area contributed by atoms with Crippen LogP contribution >= 0.6 is 0 Å². The van der Waals surface area contributed by atoms with Crippen molar-refractivity contribution in [3.8, 4) is 34.5 Å². The molecule has 206 valence electrons. The highest BCUT2D eigenvalue weighted by Gasteiger charge is 2.29. The normalized spacial score (nSPS) is 11.7. The zero-order valence-electron chi connectivity index (χ0n) is 22.7. The van der Waals surface area contributed by atoms with E-state index in [-0.39, 0.29) is 17.9 Å². The van der Waals surface area contributed by atoms with Gasteiger partial charge in [-0.05, 0) is 18.2 Å². The fraction of sp³-hybridized carbons (Fsp3) is 0.310. The maximum Gasteiger partial charge on any atom is 0.311 e. The van der Waals surface area contributed by atoms with Crippen molar-refractivity contribution in [3.05, 3.63) is 70.6 Å². The highest BCUT2D eigenvalue weighted by Crippen LogP contribution is 2.40. The Morgan fingerprint density at radius 3 is 2.28 bits per heavy atom. The number of hydrogen-bond acceptors (Lipinski definition) is 8. The Kier molecular flexibility index (Phi) is 9.08. The maximum atomic E-state index is 13.8. The van der Waals surface area contributed by atoms with Crippen molar-refractivity contribution in [1.82, 2.24) is 9.55 Å². The first kappa shape index (κ1) is 28.0. The van der Waals surface area contributed by atoms with Gasteiger partial charge in [-0.25, -0.2) is 4.98 Å². The number of benzene rings is 2. The third kappa shape index (κ3) is 5.85. The van der Waals surface area contributed by atoms with Crippen LogP contribution < -0.4 is 29.2 Å². The second-order valence-electron chi connectivity index (χ2n) is 8.66. The lowest BCUT2D eigenvalue weighted by molar-refractivity contribution is 0.299. The lowest BCUT2D eigenvalue weighted by Gasteiger charge is -2.15. The summed E-state index contributed by atoms with van der Waals surface area (Å²) in [6.07, 6.45) is 4.24. The Morgan fingerprint density at radius 1 is 0.923 bits per heavy atom. The molecule has 0 saturated heterocycles. The smallest absolute Gasteiger partial charge is 0.311 e. The number of fused-ring (bicyclic) bond motifs is 1. The standard InChI is InChI=1S/C29H32N2O7S/c1-34-22-12-7-6-10-19(22)18-31-28-21(11-8-13-30-28)25(32)27(29(31)33)39(5)15-9-14-38-20-16-23(35-2)26(37-4)24(17-20)36-3/h6-8,10-13,16-17H,9,14-15,18H2,1-5H3/p+1. The average molecular weight is 554 g/mol. The van der Waals surface area contributed by atoms with E-state index in [0.717, 1.165) is 5.56 Å². The number of pyridine rings is 2. The van der Waals surface area contributed by atoms with E-state index in [0.29, 0.717) is 63.5 Å². The van der Waals surface area contributed by atoms with E-state index in [1.165, 1.54) is 0 Å². The number of para-hydroxylation sites is 1. The monoisotopic (exact) mass is 553 g/mol. The second-order valence-corrected chi connectivity index (χ2v) is 10.8. The lowest BCUT2D eigenvalue weighted by Crippen LogP contribution is -2.28. The van der Waals surface area contributed by atoms with E-state index < -0.39 is 10.9 Å². The van der Waals surface area contributed by atoms with Crippen molar-refractivity contribution in [2.45, 2.75) is 17.9 Å². The van der Waals surface area contributed by atoms with E-state index in [1.807, 2.05) is 30.5 Å². The van der Waals surface area contributed by atoms with E-state index in [9.17, 15) is 9.90 Å². The molecule has 0 aliphatic carbocycles. The van der Waals surface area contributed by atoms with Gasteiger partial charge in [-0.15, -0.1) is 0 Å². The van der Waals surface area contributed by atoms with Crippen LogP contribution in [0.1, 0.15) is 12.0 Å². The van der Waals surface area contributed by atoms with Gasteiger partial charge in [0.05, 0.1) is 47.0 Å². The molecule has 1 atom stereocenters. The largest absolute Gasteiger partial charge is 0.503 e. The van der Waals surface area contributed by atoms with Gasteiger partial charge in [-0.3, -0.25) is 9.36 Å². The van der Waals surface area contributed by atoms with Crippen LogP contribution in [-0.2, 0) is 17.4 Å². The summed E-state index contributed by atoms with van der Waals surface area (Å²) >= 11 is 0. The van der Waals surface area contributed by atoms with Crippen LogP contribution in [-0.4, -0.2) is 61.7 Å². The van der Waals surface area contributed by atoms with Crippen LogP contribution in [0.25, 0.3) is 11.0 Å². The number of hydrogen-bond donors (Lipinski definition) is 1. The number of rotatable bonds is 12. The van der Waals surface area contributed by atoms with Crippen LogP contribution in [0, 0.1) is 0 Å². The van der Waals surface area contributed by atoms with Gasteiger partial charge in [0.1, 0.15) is 29.2 Å². The summed E-state index contributed by atoms with van der Waals surface area (Å²) in [6.45, 7) is 0.673. The molecule has 1 N–H and O–H groups in total. The minimum Gasteiger partial charge on any atom is -0.503 e. The third-order valence-corrected chi connectivity index (χ3v) is 8.29. The number of ether oxygens (including phenoxy) is 5. The molecule has 0 fully saturated rings. The Bertz CT molecular complexity index is 1480. The van der Waals surface area contributed by atoms with Crippen LogP contribution in [0.3, 0.4) is 0 Å². The van der Waals surface area contributed by atoms with Crippen molar-refractivity contribution < 1.29 is 28.8 Å². The number of aromatic hydroxyl groups is 1. The van der Waals surface area contributed by atoms with E-state index in [4.69, 9.17) is 23.7 Å². The van der Waals surface area contributed by atoms with E-state index in [2.05, 4.69) is 4.98 Å². The Hall–Kier alpha value is -4.05. The first-order valence-electron chi connectivity index (χ1n) is 12.3. The number of nitrogens with zero attached hydrogens (tertiary/aromatic N) is 2. The quantitative estimate of drug-likeness (QED) is 0.205. The first-order valence-corrected chi connectivity index (χ1v) is 14.1. The summed E-state index contributed by atoms with van der Waals surface area (Å²) in [5.74, 6) is 3.40. The van der Waals surface area contributed by atoms with E-state index in [1.54, 1.807) is 63.5 Å². The summed E-state index contributed by atoms with van der Waals surface area (Å²) in [5, 5.41) is 11.7. The topological polar surface area (TPSA) is 101 Å². The average Bonchev–Trinajstić information content (AvgIpc) is 2.97. The molecule has 1 unspecified atom stereocenters. The molecule has 2 aromatic heterocycles. The Balaban J connectivity index is 1.56. The van der Waals surface area contributed by atoms with Crippen molar-refractivity contribution >= 4 is 21.9 Å². The molecule has 0 spiro atoms. The summed E-state index contributed by atoms with van der Waals surface area (Å²) < 4.78 is 29.2. The zero-order chi connectivity index (χ0) is 27.9. The highest BCUT2D eigenvalue weighted by molar-refractivity contribution is 7.96. The molecule has 0 radical (unpaired) electrons. The van der Waals surface area contributed by atoms with E-state index >= 15 is 0 Å².